The van der Waals surface area contributed by atoms with E-state index in [1.54, 1.807) is 6.07 Å². The van der Waals surface area contributed by atoms with Crippen molar-refractivity contribution >= 4 is 22.8 Å². The van der Waals surface area contributed by atoms with Crippen molar-refractivity contribution in [1.29, 1.82) is 0 Å². The van der Waals surface area contributed by atoms with Gasteiger partial charge in [0, 0.05) is 43.7 Å². The number of nitrogens with zero attached hydrogens (tertiary/aromatic N) is 5. The lowest BCUT2D eigenvalue weighted by Crippen LogP contribution is -2.35. The summed E-state index contributed by atoms with van der Waals surface area (Å²) in [6.07, 6.45) is -2.36. The van der Waals surface area contributed by atoms with Gasteiger partial charge in [-0.25, -0.2) is 4.98 Å². The molecule has 0 N–H and O–H groups in total. The second-order valence-corrected chi connectivity index (χ2v) is 11.5. The molecule has 216 valence electrons. The van der Waals surface area contributed by atoms with E-state index in [-0.39, 0.29) is 28.3 Å². The summed E-state index contributed by atoms with van der Waals surface area (Å²) in [5.74, 6) is 1.12. The third kappa shape index (κ3) is 6.06. The lowest BCUT2D eigenvalue weighted by atomic mass is 9.86. The van der Waals surface area contributed by atoms with Crippen LogP contribution in [0.15, 0.2) is 53.1 Å². The van der Waals surface area contributed by atoms with E-state index < -0.39 is 11.7 Å². The van der Waals surface area contributed by atoms with Crippen LogP contribution >= 0.6 is 0 Å². The molecule has 1 aliphatic rings. The van der Waals surface area contributed by atoms with Gasteiger partial charge in [0.2, 0.25) is 0 Å². The lowest BCUT2D eigenvalue weighted by Gasteiger charge is -2.24. The highest BCUT2D eigenvalue weighted by Crippen LogP contribution is 2.37. The fraction of sp³-hybridized carbons (Fsp3) is 0.419. The number of aromatic nitrogens is 3. The van der Waals surface area contributed by atoms with Gasteiger partial charge in [-0.2, -0.15) is 18.2 Å². The summed E-state index contributed by atoms with van der Waals surface area (Å²) in [5.41, 5.74) is 1.82. The number of fused-ring (bicyclic) bond motifs is 1. The number of hydrogen-bond donors (Lipinski definition) is 0. The molecule has 0 bridgehead atoms. The molecule has 2 aromatic carbocycles. The Bertz CT molecular complexity index is 1540. The maximum Gasteiger partial charge on any atom is 0.416 e. The molecule has 0 spiro atoms. The number of anilines is 1. The topological polar surface area (TPSA) is 75.4 Å². The molecule has 0 saturated carbocycles. The van der Waals surface area contributed by atoms with Crippen molar-refractivity contribution in [3.8, 4) is 11.3 Å². The van der Waals surface area contributed by atoms with Gasteiger partial charge in [0.15, 0.2) is 0 Å². The van der Waals surface area contributed by atoms with E-state index in [1.807, 2.05) is 36.1 Å². The van der Waals surface area contributed by atoms with Crippen molar-refractivity contribution in [2.24, 2.45) is 0 Å². The monoisotopic (exact) mass is 565 g/mol. The van der Waals surface area contributed by atoms with Gasteiger partial charge in [0.25, 0.3) is 11.6 Å². The predicted molar refractivity (Wildman–Crippen MR) is 152 cm³/mol. The van der Waals surface area contributed by atoms with E-state index >= 15 is 0 Å². The Morgan fingerprint density at radius 1 is 0.951 bits per heavy atom. The summed E-state index contributed by atoms with van der Waals surface area (Å²) >= 11 is 0. The van der Waals surface area contributed by atoms with Crippen LogP contribution in [0.5, 0.6) is 0 Å². The van der Waals surface area contributed by atoms with Crippen LogP contribution < -0.4 is 4.90 Å². The Labute approximate surface area is 237 Å². The van der Waals surface area contributed by atoms with Gasteiger partial charge in [-0.05, 0) is 48.1 Å². The van der Waals surface area contributed by atoms with Crippen LogP contribution in [0.2, 0.25) is 0 Å². The van der Waals surface area contributed by atoms with Crippen molar-refractivity contribution in [1.82, 2.24) is 20.0 Å². The largest absolute Gasteiger partial charge is 0.416 e. The van der Waals surface area contributed by atoms with E-state index in [9.17, 15) is 18.0 Å². The molecule has 10 heteroatoms. The van der Waals surface area contributed by atoms with Crippen LogP contribution in [-0.2, 0) is 18.0 Å². The van der Waals surface area contributed by atoms with Crippen LogP contribution in [0.3, 0.4) is 0 Å². The zero-order valence-corrected chi connectivity index (χ0v) is 23.8. The number of benzene rings is 2. The highest BCUT2D eigenvalue weighted by Gasteiger charge is 2.32. The molecule has 7 nitrogen and oxygen atoms in total. The van der Waals surface area contributed by atoms with Gasteiger partial charge in [0.1, 0.15) is 22.7 Å². The first-order valence-electron chi connectivity index (χ1n) is 13.9. The molecule has 5 rings (SSSR count). The molecule has 2 aromatic heterocycles. The number of carbonyl (C=O) groups excluding carboxylic acids is 1. The SMILES string of the molecule is CCCc1nc(N2CCCN(C(=O)c3ccc(C(C)(C)C)cc3)CC2)c2c(-c3cccc(C(F)(F)F)c3)noc2n1. The smallest absolute Gasteiger partial charge is 0.354 e. The molecule has 0 atom stereocenters. The number of amides is 1. The molecule has 0 unspecified atom stereocenters. The second-order valence-electron chi connectivity index (χ2n) is 11.5. The van der Waals surface area contributed by atoms with Crippen LogP contribution in [0.4, 0.5) is 19.0 Å². The minimum Gasteiger partial charge on any atom is -0.354 e. The Hall–Kier alpha value is -3.95. The van der Waals surface area contributed by atoms with Crippen LogP contribution in [0.1, 0.15) is 67.8 Å². The van der Waals surface area contributed by atoms with E-state index in [0.29, 0.717) is 61.6 Å². The summed E-state index contributed by atoms with van der Waals surface area (Å²) in [5, 5.41) is 4.61. The van der Waals surface area contributed by atoms with Gasteiger partial charge >= 0.3 is 6.18 Å². The summed E-state index contributed by atoms with van der Waals surface area (Å²) in [6, 6.07) is 12.8. The summed E-state index contributed by atoms with van der Waals surface area (Å²) < 4.78 is 45.9. The van der Waals surface area contributed by atoms with Gasteiger partial charge in [-0.15, -0.1) is 0 Å². The first-order valence-corrected chi connectivity index (χ1v) is 13.9. The Kier molecular flexibility index (Phi) is 7.76. The minimum absolute atomic E-state index is 0.000947. The van der Waals surface area contributed by atoms with E-state index in [0.717, 1.165) is 24.1 Å². The highest BCUT2D eigenvalue weighted by atomic mass is 19.4. The molecule has 4 aromatic rings. The minimum atomic E-state index is -4.49. The van der Waals surface area contributed by atoms with Crippen LogP contribution in [-0.4, -0.2) is 52.1 Å². The predicted octanol–water partition coefficient (Wildman–Crippen LogP) is 6.91. The molecule has 41 heavy (non-hydrogen) atoms. The molecular formula is C31H34F3N5O2. The van der Waals surface area contributed by atoms with Gasteiger partial charge in [-0.3, -0.25) is 4.79 Å². The maximum atomic E-state index is 13.5. The zero-order valence-electron chi connectivity index (χ0n) is 23.8. The summed E-state index contributed by atoms with van der Waals surface area (Å²) in [4.78, 5) is 26.6. The van der Waals surface area contributed by atoms with E-state index in [2.05, 4.69) is 35.8 Å². The Balaban J connectivity index is 1.46. The molecule has 1 fully saturated rings. The highest BCUT2D eigenvalue weighted by molar-refractivity contribution is 5.98. The number of hydrogen-bond acceptors (Lipinski definition) is 6. The first kappa shape index (κ1) is 28.6. The van der Waals surface area contributed by atoms with Crippen LogP contribution in [0, 0.1) is 0 Å². The fourth-order valence-electron chi connectivity index (χ4n) is 5.11. The molecule has 1 aliphatic heterocycles. The van der Waals surface area contributed by atoms with Gasteiger partial charge in [-0.1, -0.05) is 57.1 Å². The Morgan fingerprint density at radius 2 is 1.71 bits per heavy atom. The van der Waals surface area contributed by atoms with Gasteiger partial charge in [0.05, 0.1) is 5.56 Å². The third-order valence-corrected chi connectivity index (χ3v) is 7.38. The van der Waals surface area contributed by atoms with E-state index in [1.165, 1.54) is 6.07 Å². The fourth-order valence-corrected chi connectivity index (χ4v) is 5.11. The number of halogens is 3. The van der Waals surface area contributed by atoms with Crippen molar-refractivity contribution in [2.75, 3.05) is 31.1 Å². The molecule has 1 saturated heterocycles. The quantitative estimate of drug-likeness (QED) is 0.262. The number of rotatable bonds is 5. The molecule has 3 heterocycles. The van der Waals surface area contributed by atoms with Crippen molar-refractivity contribution < 1.29 is 22.5 Å². The second kappa shape index (κ2) is 11.1. The van der Waals surface area contributed by atoms with Crippen molar-refractivity contribution in [2.45, 2.75) is 58.5 Å². The number of alkyl halides is 3. The number of aryl methyl sites for hydroxylation is 1. The van der Waals surface area contributed by atoms with Crippen LogP contribution in [0.25, 0.3) is 22.4 Å². The standard InChI is InChI=1S/C31H34F3N5O2/c1-5-8-24-35-27(25-26(37-41-28(25)36-24)21-9-6-10-23(19-21)31(32,33)34)38-15-7-16-39(18-17-38)29(40)20-11-13-22(14-12-20)30(2,3)4/h6,9-14,19H,5,7-8,15-18H2,1-4H3. The zero-order chi connectivity index (χ0) is 29.4. The molecular weight excluding hydrogens is 531 g/mol. The van der Waals surface area contributed by atoms with Gasteiger partial charge < -0.3 is 14.3 Å². The summed E-state index contributed by atoms with van der Waals surface area (Å²) in [6.45, 7) is 10.6. The van der Waals surface area contributed by atoms with E-state index in [4.69, 9.17) is 9.51 Å². The Morgan fingerprint density at radius 3 is 2.39 bits per heavy atom. The molecule has 1 amide bonds. The first-order chi connectivity index (χ1) is 19.5. The average Bonchev–Trinajstić information content (AvgIpc) is 3.20. The summed E-state index contributed by atoms with van der Waals surface area (Å²) in [7, 11) is 0. The van der Waals surface area contributed by atoms with Crippen molar-refractivity contribution in [3.05, 3.63) is 71.0 Å². The van der Waals surface area contributed by atoms with Crippen molar-refractivity contribution in [3.63, 3.8) is 0 Å². The maximum absolute atomic E-state index is 13.5. The lowest BCUT2D eigenvalue weighted by molar-refractivity contribution is -0.137. The normalized spacial score (nSPS) is 14.9. The third-order valence-electron chi connectivity index (χ3n) is 7.38. The molecule has 0 radical (unpaired) electrons. The average molecular weight is 566 g/mol. The molecule has 0 aliphatic carbocycles. The number of carbonyl (C=O) groups is 1.